The first kappa shape index (κ1) is 17.2. The maximum Gasteiger partial charge on any atom is 0.316 e. The van der Waals surface area contributed by atoms with Gasteiger partial charge in [0.1, 0.15) is 0 Å². The molecule has 26 heavy (non-hydrogen) atoms. The fourth-order valence-electron chi connectivity index (χ4n) is 2.62. The Balaban J connectivity index is 2.02. The van der Waals surface area contributed by atoms with Crippen molar-refractivity contribution in [2.75, 3.05) is 5.32 Å². The molecule has 0 saturated carbocycles. The molecule has 3 amide bonds. The quantitative estimate of drug-likeness (QED) is 0.554. The monoisotopic (exact) mass is 350 g/mol. The van der Waals surface area contributed by atoms with Crippen LogP contribution >= 0.6 is 0 Å². The highest BCUT2D eigenvalue weighted by Gasteiger charge is 2.16. The zero-order valence-corrected chi connectivity index (χ0v) is 13.8. The van der Waals surface area contributed by atoms with Crippen molar-refractivity contribution < 1.29 is 9.59 Å². The van der Waals surface area contributed by atoms with E-state index in [4.69, 9.17) is 17.2 Å². The molecule has 0 unspecified atom stereocenters. The normalized spacial score (nSPS) is 10.5. The van der Waals surface area contributed by atoms with Crippen molar-refractivity contribution in [2.24, 2.45) is 17.2 Å². The highest BCUT2D eigenvalue weighted by Crippen LogP contribution is 2.24. The van der Waals surface area contributed by atoms with Crippen LogP contribution in [0, 0.1) is 0 Å². The summed E-state index contributed by atoms with van der Waals surface area (Å²) in [5.74, 6) is -0.765. The number of carbonyl (C=O) groups is 2. The number of carbonyl (C=O) groups excluding carboxylic acids is 2. The third kappa shape index (κ3) is 3.55. The fraction of sp³-hybridized carbons (Fsp3) is 0.0556. The van der Waals surface area contributed by atoms with E-state index in [-0.39, 0.29) is 11.4 Å². The molecule has 1 aromatic heterocycles. The van der Waals surface area contributed by atoms with Crippen LogP contribution in [0.2, 0.25) is 0 Å². The number of primary amides is 2. The van der Waals surface area contributed by atoms with Gasteiger partial charge >= 0.3 is 6.03 Å². The number of nitrogens with two attached hydrogens (primary N) is 3. The Morgan fingerprint density at radius 1 is 1.04 bits per heavy atom. The minimum atomic E-state index is -0.806. The van der Waals surface area contributed by atoms with Gasteiger partial charge < -0.3 is 22.5 Å². The molecule has 2 aromatic carbocycles. The lowest BCUT2D eigenvalue weighted by atomic mass is 10.0. The lowest BCUT2D eigenvalue weighted by Gasteiger charge is -2.07. The van der Waals surface area contributed by atoms with Crippen molar-refractivity contribution in [3.05, 3.63) is 66.0 Å². The molecule has 3 aromatic rings. The largest absolute Gasteiger partial charge is 0.364 e. The molecule has 0 atom stereocenters. The van der Waals surface area contributed by atoms with Gasteiger partial charge in [0.25, 0.3) is 5.91 Å². The number of anilines is 1. The maximum absolute atomic E-state index is 11.5. The van der Waals surface area contributed by atoms with E-state index in [2.05, 4.69) is 10.4 Å². The standard InChI is InChI=1S/C18H18N6O2/c19-9-11-3-1-4-12(7-11)13-5-2-6-14(8-13)24-10-15(22-18(21)26)16(23-24)17(20)25/h1-8,10H,9,19H2,(H2,20,25)(H3,21,22,26). The minimum absolute atomic E-state index is 0.0701. The summed E-state index contributed by atoms with van der Waals surface area (Å²) in [5.41, 5.74) is 19.9. The molecule has 0 bridgehead atoms. The zero-order valence-electron chi connectivity index (χ0n) is 13.8. The van der Waals surface area contributed by atoms with Gasteiger partial charge in [0.15, 0.2) is 5.69 Å². The van der Waals surface area contributed by atoms with Gasteiger partial charge in [-0.1, -0.05) is 30.3 Å². The molecule has 0 saturated heterocycles. The summed E-state index contributed by atoms with van der Waals surface area (Å²) < 4.78 is 1.46. The van der Waals surface area contributed by atoms with Crippen molar-refractivity contribution >= 4 is 17.6 Å². The van der Waals surface area contributed by atoms with Gasteiger partial charge in [-0.05, 0) is 34.9 Å². The number of nitrogens with zero attached hydrogens (tertiary/aromatic N) is 2. The summed E-state index contributed by atoms with van der Waals surface area (Å²) in [6, 6.07) is 14.6. The van der Waals surface area contributed by atoms with E-state index in [0.29, 0.717) is 12.2 Å². The summed E-state index contributed by atoms with van der Waals surface area (Å²) in [4.78, 5) is 22.6. The van der Waals surface area contributed by atoms with Crippen molar-refractivity contribution in [2.45, 2.75) is 6.54 Å². The molecule has 0 spiro atoms. The van der Waals surface area contributed by atoms with Crippen molar-refractivity contribution in [1.82, 2.24) is 9.78 Å². The Bertz CT molecular complexity index is 979. The van der Waals surface area contributed by atoms with Crippen LogP contribution in [0.3, 0.4) is 0 Å². The van der Waals surface area contributed by atoms with Gasteiger partial charge in [0.2, 0.25) is 0 Å². The second kappa shape index (κ2) is 7.08. The molecule has 8 nitrogen and oxygen atoms in total. The maximum atomic E-state index is 11.5. The summed E-state index contributed by atoms with van der Waals surface area (Å²) in [5, 5.41) is 6.50. The second-order valence-electron chi connectivity index (χ2n) is 5.64. The van der Waals surface area contributed by atoms with E-state index in [1.54, 1.807) is 0 Å². The number of amides is 3. The molecule has 0 aliphatic carbocycles. The van der Waals surface area contributed by atoms with Crippen LogP contribution in [0.1, 0.15) is 16.1 Å². The molecule has 8 heteroatoms. The van der Waals surface area contributed by atoms with E-state index in [1.807, 2.05) is 48.5 Å². The lowest BCUT2D eigenvalue weighted by Crippen LogP contribution is -2.22. The first-order chi connectivity index (χ1) is 12.5. The third-order valence-electron chi connectivity index (χ3n) is 3.81. The number of hydrogen-bond acceptors (Lipinski definition) is 4. The van der Waals surface area contributed by atoms with Crippen LogP contribution < -0.4 is 22.5 Å². The van der Waals surface area contributed by atoms with Crippen molar-refractivity contribution in [3.8, 4) is 16.8 Å². The number of hydrogen-bond donors (Lipinski definition) is 4. The second-order valence-corrected chi connectivity index (χ2v) is 5.64. The van der Waals surface area contributed by atoms with Crippen LogP contribution in [-0.2, 0) is 6.54 Å². The molecule has 0 aliphatic heterocycles. The van der Waals surface area contributed by atoms with Crippen LogP contribution in [0.5, 0.6) is 0 Å². The topological polar surface area (TPSA) is 142 Å². The molecular formula is C18H18N6O2. The minimum Gasteiger partial charge on any atom is -0.364 e. The van der Waals surface area contributed by atoms with Crippen LogP contribution in [0.25, 0.3) is 16.8 Å². The molecule has 0 radical (unpaired) electrons. The average molecular weight is 350 g/mol. The van der Waals surface area contributed by atoms with Gasteiger partial charge in [-0.25, -0.2) is 9.48 Å². The summed E-state index contributed by atoms with van der Waals surface area (Å²) in [6.07, 6.45) is 1.49. The van der Waals surface area contributed by atoms with E-state index in [9.17, 15) is 9.59 Å². The first-order valence-electron chi connectivity index (χ1n) is 7.83. The van der Waals surface area contributed by atoms with Gasteiger partial charge in [-0.2, -0.15) is 5.10 Å². The molecule has 0 fully saturated rings. The lowest BCUT2D eigenvalue weighted by molar-refractivity contribution is 0.0996. The van der Waals surface area contributed by atoms with E-state index >= 15 is 0 Å². The van der Waals surface area contributed by atoms with E-state index in [0.717, 1.165) is 16.7 Å². The van der Waals surface area contributed by atoms with Crippen molar-refractivity contribution in [3.63, 3.8) is 0 Å². The van der Waals surface area contributed by atoms with Gasteiger partial charge in [0, 0.05) is 6.54 Å². The molecule has 132 valence electrons. The smallest absolute Gasteiger partial charge is 0.316 e. The average Bonchev–Trinajstić information content (AvgIpc) is 3.05. The zero-order chi connectivity index (χ0) is 18.7. The summed E-state index contributed by atoms with van der Waals surface area (Å²) >= 11 is 0. The van der Waals surface area contributed by atoms with E-state index < -0.39 is 11.9 Å². The van der Waals surface area contributed by atoms with Crippen LogP contribution in [0.15, 0.2) is 54.7 Å². The molecule has 1 heterocycles. The number of urea groups is 1. The van der Waals surface area contributed by atoms with Crippen LogP contribution in [0.4, 0.5) is 10.5 Å². The summed E-state index contributed by atoms with van der Waals surface area (Å²) in [7, 11) is 0. The number of benzene rings is 2. The SMILES string of the molecule is NCc1cccc(-c2cccc(-n3cc(NC(N)=O)c(C(N)=O)n3)c2)c1. The Morgan fingerprint density at radius 2 is 1.73 bits per heavy atom. The highest BCUT2D eigenvalue weighted by atomic mass is 16.2. The van der Waals surface area contributed by atoms with Crippen LogP contribution in [-0.4, -0.2) is 21.7 Å². The summed E-state index contributed by atoms with van der Waals surface area (Å²) in [6.45, 7) is 0.455. The number of nitrogens with one attached hydrogen (secondary N) is 1. The Labute approximate surface area is 149 Å². The van der Waals surface area contributed by atoms with E-state index in [1.165, 1.54) is 10.9 Å². The van der Waals surface area contributed by atoms with Crippen molar-refractivity contribution in [1.29, 1.82) is 0 Å². The van der Waals surface area contributed by atoms with Gasteiger partial charge in [-0.3, -0.25) is 4.79 Å². The Morgan fingerprint density at radius 3 is 2.38 bits per heavy atom. The van der Waals surface area contributed by atoms with Gasteiger partial charge in [0.05, 0.1) is 17.6 Å². The fourth-order valence-corrected chi connectivity index (χ4v) is 2.62. The third-order valence-corrected chi connectivity index (χ3v) is 3.81. The predicted molar refractivity (Wildman–Crippen MR) is 98.6 cm³/mol. The first-order valence-corrected chi connectivity index (χ1v) is 7.83. The molecule has 3 rings (SSSR count). The number of rotatable bonds is 5. The van der Waals surface area contributed by atoms with Gasteiger partial charge in [-0.15, -0.1) is 0 Å². The molecular weight excluding hydrogens is 332 g/mol. The predicted octanol–water partition coefficient (Wildman–Crippen LogP) is 1.59. The Hall–Kier alpha value is -3.65. The highest BCUT2D eigenvalue weighted by molar-refractivity contribution is 6.00. The molecule has 0 aliphatic rings. The molecule has 7 N–H and O–H groups in total. The Kier molecular flexibility index (Phi) is 4.68. The number of aromatic nitrogens is 2.